The molecule has 2 aromatic carbocycles. The number of rotatable bonds is 8. The fourth-order valence-electron chi connectivity index (χ4n) is 2.37. The number of carbonyl (C=O) groups excluding carboxylic acids is 1. The number of carbonyl (C=O) groups is 1. The fourth-order valence-corrected chi connectivity index (χ4v) is 2.37. The van der Waals surface area contributed by atoms with Gasteiger partial charge in [-0.15, -0.1) is 0 Å². The smallest absolute Gasteiger partial charge is 0.220 e. The molecular formula is C18H23NO3. The fraction of sp³-hybridized carbons (Fsp3) is 0.389. The van der Waals surface area contributed by atoms with Crippen LogP contribution >= 0.6 is 0 Å². The van der Waals surface area contributed by atoms with Gasteiger partial charge in [-0.05, 0) is 17.9 Å². The average Bonchev–Trinajstić information content (AvgIpc) is 2.54. The number of amides is 1. The first-order valence-corrected chi connectivity index (χ1v) is 7.75. The molecule has 2 rings (SSSR count). The molecule has 0 bridgehead atoms. The summed E-state index contributed by atoms with van der Waals surface area (Å²) in [5.41, 5.74) is 0. The van der Waals surface area contributed by atoms with E-state index in [-0.39, 0.29) is 18.6 Å². The molecule has 0 spiro atoms. The zero-order valence-electron chi connectivity index (χ0n) is 12.9. The van der Waals surface area contributed by atoms with E-state index in [4.69, 9.17) is 4.74 Å². The van der Waals surface area contributed by atoms with Crippen LogP contribution in [-0.2, 0) is 4.79 Å². The van der Waals surface area contributed by atoms with Gasteiger partial charge in [-0.3, -0.25) is 4.79 Å². The van der Waals surface area contributed by atoms with Crippen LogP contribution in [0.2, 0.25) is 0 Å². The van der Waals surface area contributed by atoms with Gasteiger partial charge in [-0.2, -0.15) is 0 Å². The van der Waals surface area contributed by atoms with E-state index in [9.17, 15) is 9.90 Å². The summed E-state index contributed by atoms with van der Waals surface area (Å²) in [6, 6.07) is 13.7. The van der Waals surface area contributed by atoms with E-state index < -0.39 is 0 Å². The molecule has 2 aromatic rings. The Balaban J connectivity index is 1.90. The summed E-state index contributed by atoms with van der Waals surface area (Å²) < 4.78 is 5.83. The predicted octanol–water partition coefficient (Wildman–Crippen LogP) is 2.89. The van der Waals surface area contributed by atoms with E-state index in [0.717, 1.165) is 22.9 Å². The van der Waals surface area contributed by atoms with Crippen molar-refractivity contribution in [2.75, 3.05) is 13.2 Å². The second kappa shape index (κ2) is 8.39. The van der Waals surface area contributed by atoms with Crippen LogP contribution in [0.4, 0.5) is 0 Å². The van der Waals surface area contributed by atoms with Crippen LogP contribution in [0.3, 0.4) is 0 Å². The van der Waals surface area contributed by atoms with Gasteiger partial charge in [-0.1, -0.05) is 43.3 Å². The zero-order valence-corrected chi connectivity index (χ0v) is 12.9. The maximum absolute atomic E-state index is 11.6. The van der Waals surface area contributed by atoms with Gasteiger partial charge in [-0.25, -0.2) is 0 Å². The number of nitrogens with one attached hydrogen (secondary N) is 1. The summed E-state index contributed by atoms with van der Waals surface area (Å²) in [5, 5.41) is 14.4. The molecule has 0 aromatic heterocycles. The van der Waals surface area contributed by atoms with Crippen LogP contribution in [0.25, 0.3) is 10.8 Å². The lowest BCUT2D eigenvalue weighted by atomic mass is 10.1. The second-order valence-corrected chi connectivity index (χ2v) is 5.31. The highest BCUT2D eigenvalue weighted by Crippen LogP contribution is 2.25. The molecule has 0 fully saturated rings. The molecule has 0 aliphatic heterocycles. The molecule has 0 radical (unpaired) electrons. The molecule has 1 amide bonds. The third kappa shape index (κ3) is 4.46. The van der Waals surface area contributed by atoms with Crippen molar-refractivity contribution < 1.29 is 14.6 Å². The maximum Gasteiger partial charge on any atom is 0.220 e. The number of hydrogen-bond donors (Lipinski definition) is 2. The minimum Gasteiger partial charge on any atom is -0.493 e. The van der Waals surface area contributed by atoms with Crippen LogP contribution < -0.4 is 10.1 Å². The topological polar surface area (TPSA) is 58.6 Å². The molecule has 4 heteroatoms. The minimum atomic E-state index is -0.256. The van der Waals surface area contributed by atoms with E-state index in [1.807, 2.05) is 49.4 Å². The van der Waals surface area contributed by atoms with Crippen LogP contribution in [0.5, 0.6) is 5.75 Å². The zero-order chi connectivity index (χ0) is 15.8. The SMILES string of the molecule is CCCC(=O)NC(CO)CCOc1cccc2ccccc12. The Bertz CT molecular complexity index is 607. The molecule has 2 N–H and O–H groups in total. The van der Waals surface area contributed by atoms with Crippen molar-refractivity contribution in [3.63, 3.8) is 0 Å². The first-order valence-electron chi connectivity index (χ1n) is 7.75. The Hall–Kier alpha value is -2.07. The number of hydrogen-bond acceptors (Lipinski definition) is 3. The van der Waals surface area contributed by atoms with Gasteiger partial charge in [0.15, 0.2) is 0 Å². The molecule has 1 unspecified atom stereocenters. The van der Waals surface area contributed by atoms with Gasteiger partial charge in [0, 0.05) is 18.2 Å². The lowest BCUT2D eigenvalue weighted by molar-refractivity contribution is -0.122. The third-order valence-corrected chi connectivity index (χ3v) is 3.54. The number of benzene rings is 2. The number of aliphatic hydroxyl groups is 1. The van der Waals surface area contributed by atoms with E-state index in [1.165, 1.54) is 0 Å². The summed E-state index contributed by atoms with van der Waals surface area (Å²) in [5.74, 6) is 0.807. The van der Waals surface area contributed by atoms with Gasteiger partial charge < -0.3 is 15.2 Å². The molecule has 4 nitrogen and oxygen atoms in total. The number of fused-ring (bicyclic) bond motifs is 1. The van der Waals surface area contributed by atoms with E-state index in [2.05, 4.69) is 5.32 Å². The Kier molecular flexibility index (Phi) is 6.22. The van der Waals surface area contributed by atoms with Crippen LogP contribution in [0.1, 0.15) is 26.2 Å². The minimum absolute atomic E-state index is 0.0216. The van der Waals surface area contributed by atoms with Gasteiger partial charge in [0.25, 0.3) is 0 Å². The highest BCUT2D eigenvalue weighted by molar-refractivity contribution is 5.88. The highest BCUT2D eigenvalue weighted by Gasteiger charge is 2.11. The predicted molar refractivity (Wildman–Crippen MR) is 88.0 cm³/mol. The molecule has 22 heavy (non-hydrogen) atoms. The van der Waals surface area contributed by atoms with Crippen molar-refractivity contribution in [3.8, 4) is 5.75 Å². The Morgan fingerprint density at radius 1 is 1.23 bits per heavy atom. The summed E-state index contributed by atoms with van der Waals surface area (Å²) in [4.78, 5) is 11.6. The van der Waals surface area contributed by atoms with Crippen molar-refractivity contribution in [1.82, 2.24) is 5.32 Å². The molecule has 0 saturated heterocycles. The molecule has 118 valence electrons. The van der Waals surface area contributed by atoms with Gasteiger partial charge in [0.1, 0.15) is 5.75 Å². The van der Waals surface area contributed by atoms with Gasteiger partial charge in [0.05, 0.1) is 19.3 Å². The average molecular weight is 301 g/mol. The Labute approximate surface area is 131 Å². The van der Waals surface area contributed by atoms with E-state index in [1.54, 1.807) is 0 Å². The molecular weight excluding hydrogens is 278 g/mol. The van der Waals surface area contributed by atoms with Crippen molar-refractivity contribution in [2.45, 2.75) is 32.2 Å². The van der Waals surface area contributed by atoms with Gasteiger partial charge in [0.2, 0.25) is 5.91 Å². The monoisotopic (exact) mass is 301 g/mol. The van der Waals surface area contributed by atoms with Crippen LogP contribution in [0.15, 0.2) is 42.5 Å². The lowest BCUT2D eigenvalue weighted by Crippen LogP contribution is -2.38. The quantitative estimate of drug-likeness (QED) is 0.788. The summed E-state index contributed by atoms with van der Waals surface area (Å²) in [6.07, 6.45) is 1.87. The summed E-state index contributed by atoms with van der Waals surface area (Å²) >= 11 is 0. The van der Waals surface area contributed by atoms with Crippen molar-refractivity contribution in [3.05, 3.63) is 42.5 Å². The standard InChI is InChI=1S/C18H23NO3/c1-2-6-18(21)19-15(13-20)11-12-22-17-10-5-8-14-7-3-4-9-16(14)17/h3-5,7-10,15,20H,2,6,11-13H2,1H3,(H,19,21). The maximum atomic E-state index is 11.6. The molecule has 0 heterocycles. The molecule has 1 atom stereocenters. The molecule has 0 aliphatic rings. The van der Waals surface area contributed by atoms with Gasteiger partial charge >= 0.3 is 0 Å². The number of aliphatic hydroxyl groups excluding tert-OH is 1. The van der Waals surface area contributed by atoms with E-state index in [0.29, 0.717) is 19.4 Å². The van der Waals surface area contributed by atoms with Crippen molar-refractivity contribution in [2.24, 2.45) is 0 Å². The normalized spacial score (nSPS) is 12.1. The molecule has 0 saturated carbocycles. The summed E-state index contributed by atoms with van der Waals surface area (Å²) in [6.45, 7) is 2.33. The largest absolute Gasteiger partial charge is 0.493 e. The highest BCUT2D eigenvalue weighted by atomic mass is 16.5. The van der Waals surface area contributed by atoms with Crippen LogP contribution in [0, 0.1) is 0 Å². The second-order valence-electron chi connectivity index (χ2n) is 5.31. The van der Waals surface area contributed by atoms with E-state index >= 15 is 0 Å². The van der Waals surface area contributed by atoms with Crippen molar-refractivity contribution in [1.29, 1.82) is 0 Å². The first kappa shape index (κ1) is 16.3. The third-order valence-electron chi connectivity index (χ3n) is 3.54. The summed E-state index contributed by atoms with van der Waals surface area (Å²) in [7, 11) is 0. The Morgan fingerprint density at radius 2 is 2.00 bits per heavy atom. The molecule has 0 aliphatic carbocycles. The Morgan fingerprint density at radius 3 is 2.77 bits per heavy atom. The first-order chi connectivity index (χ1) is 10.7. The number of ether oxygens (including phenoxy) is 1. The van der Waals surface area contributed by atoms with Crippen LogP contribution in [-0.4, -0.2) is 30.3 Å². The lowest BCUT2D eigenvalue weighted by Gasteiger charge is -2.17. The van der Waals surface area contributed by atoms with Crippen molar-refractivity contribution >= 4 is 16.7 Å².